The zero-order valence-electron chi connectivity index (χ0n) is 17.0. The Hall–Kier alpha value is -2.38. The number of sulfone groups is 1. The third-order valence-electron chi connectivity index (χ3n) is 5.25. The van der Waals surface area contributed by atoms with Crippen LogP contribution in [-0.2, 0) is 14.6 Å². The van der Waals surface area contributed by atoms with E-state index in [-0.39, 0.29) is 22.9 Å². The normalized spacial score (nSPS) is 17.7. The van der Waals surface area contributed by atoms with E-state index in [1.165, 1.54) is 6.26 Å². The number of rotatable bonds is 7. The maximum absolute atomic E-state index is 12.8. The Morgan fingerprint density at radius 3 is 2.38 bits per heavy atom. The molecule has 2 atom stereocenters. The second-order valence-corrected chi connectivity index (χ2v) is 9.42. The van der Waals surface area contributed by atoms with Gasteiger partial charge in [0.15, 0.2) is 9.84 Å². The van der Waals surface area contributed by atoms with E-state index in [1.807, 2.05) is 6.92 Å². The lowest BCUT2D eigenvalue weighted by Gasteiger charge is -2.25. The number of hydrogen-bond acceptors (Lipinski definition) is 5. The van der Waals surface area contributed by atoms with Gasteiger partial charge in [0.2, 0.25) is 0 Å². The van der Waals surface area contributed by atoms with Crippen molar-refractivity contribution in [3.05, 3.63) is 59.7 Å². The van der Waals surface area contributed by atoms with Crippen LogP contribution >= 0.6 is 0 Å². The van der Waals surface area contributed by atoms with Crippen molar-refractivity contribution in [1.29, 1.82) is 0 Å². The molecule has 7 heteroatoms. The summed E-state index contributed by atoms with van der Waals surface area (Å²) in [5, 5.41) is 0. The van der Waals surface area contributed by atoms with Crippen molar-refractivity contribution in [3.8, 4) is 5.75 Å². The molecule has 1 saturated heterocycles. The lowest BCUT2D eigenvalue weighted by Crippen LogP contribution is -2.29. The topological polar surface area (TPSA) is 72.9 Å². The molecule has 0 bridgehead atoms. The van der Waals surface area contributed by atoms with Crippen LogP contribution < -0.4 is 4.74 Å². The molecular weight excluding hydrogens is 390 g/mol. The Morgan fingerprint density at radius 1 is 1.17 bits per heavy atom. The Morgan fingerprint density at radius 2 is 1.83 bits per heavy atom. The van der Waals surface area contributed by atoms with Crippen LogP contribution in [0.5, 0.6) is 5.75 Å². The van der Waals surface area contributed by atoms with Crippen molar-refractivity contribution >= 4 is 15.7 Å². The molecule has 1 amide bonds. The van der Waals surface area contributed by atoms with Gasteiger partial charge in [-0.05, 0) is 61.7 Å². The summed E-state index contributed by atoms with van der Waals surface area (Å²) < 4.78 is 34.5. The first-order valence-electron chi connectivity index (χ1n) is 9.67. The number of benzene rings is 2. The summed E-state index contributed by atoms with van der Waals surface area (Å²) >= 11 is 0. The van der Waals surface area contributed by atoms with E-state index in [0.717, 1.165) is 25.0 Å². The number of carbonyl (C=O) groups excluding carboxylic acids is 1. The van der Waals surface area contributed by atoms with Crippen molar-refractivity contribution in [2.24, 2.45) is 0 Å². The Labute approximate surface area is 172 Å². The van der Waals surface area contributed by atoms with Gasteiger partial charge in [0.05, 0.1) is 17.0 Å². The lowest BCUT2D eigenvalue weighted by atomic mass is 10.1. The van der Waals surface area contributed by atoms with Crippen LogP contribution in [0.1, 0.15) is 41.7 Å². The third-order valence-corrected chi connectivity index (χ3v) is 6.38. The SMILES string of the molecule is CC(c1ccc(S(C)(=O)=O)cc1)N(C)C(=O)c1ccc(OCC2CCCO2)cc1. The second-order valence-electron chi connectivity index (χ2n) is 7.40. The van der Waals surface area contributed by atoms with E-state index >= 15 is 0 Å². The molecule has 6 nitrogen and oxygen atoms in total. The molecule has 2 unspecified atom stereocenters. The van der Waals surface area contributed by atoms with E-state index in [0.29, 0.717) is 17.9 Å². The highest BCUT2D eigenvalue weighted by molar-refractivity contribution is 7.90. The monoisotopic (exact) mass is 417 g/mol. The second kappa shape index (κ2) is 8.97. The van der Waals surface area contributed by atoms with Crippen molar-refractivity contribution in [3.63, 3.8) is 0 Å². The largest absolute Gasteiger partial charge is 0.491 e. The minimum Gasteiger partial charge on any atom is -0.491 e. The molecule has 0 radical (unpaired) electrons. The maximum atomic E-state index is 12.8. The predicted octanol–water partition coefficient (Wildman–Crippen LogP) is 3.48. The average molecular weight is 418 g/mol. The molecule has 0 spiro atoms. The highest BCUT2D eigenvalue weighted by Gasteiger charge is 2.20. The Kier molecular flexibility index (Phi) is 6.59. The highest BCUT2D eigenvalue weighted by atomic mass is 32.2. The summed E-state index contributed by atoms with van der Waals surface area (Å²) in [6, 6.07) is 13.5. The van der Waals surface area contributed by atoms with Gasteiger partial charge < -0.3 is 14.4 Å². The molecule has 0 saturated carbocycles. The third kappa shape index (κ3) is 5.36. The van der Waals surface area contributed by atoms with Crippen molar-refractivity contribution in [2.45, 2.75) is 36.8 Å². The smallest absolute Gasteiger partial charge is 0.254 e. The van der Waals surface area contributed by atoms with E-state index < -0.39 is 9.84 Å². The van der Waals surface area contributed by atoms with Crippen LogP contribution in [0.2, 0.25) is 0 Å². The van der Waals surface area contributed by atoms with E-state index in [4.69, 9.17) is 9.47 Å². The average Bonchev–Trinajstić information content (AvgIpc) is 3.24. The zero-order chi connectivity index (χ0) is 21.0. The Bertz CT molecular complexity index is 932. The zero-order valence-corrected chi connectivity index (χ0v) is 17.8. The van der Waals surface area contributed by atoms with Gasteiger partial charge in [0.1, 0.15) is 12.4 Å². The maximum Gasteiger partial charge on any atom is 0.254 e. The fraction of sp³-hybridized carbons (Fsp3) is 0.409. The van der Waals surface area contributed by atoms with Crippen LogP contribution in [0.4, 0.5) is 0 Å². The van der Waals surface area contributed by atoms with Crippen LogP contribution in [0.3, 0.4) is 0 Å². The number of amides is 1. The minimum atomic E-state index is -3.24. The van der Waals surface area contributed by atoms with Gasteiger partial charge in [-0.1, -0.05) is 12.1 Å². The van der Waals surface area contributed by atoms with Crippen molar-refractivity contribution in [2.75, 3.05) is 26.5 Å². The van der Waals surface area contributed by atoms with Crippen LogP contribution in [0, 0.1) is 0 Å². The molecule has 1 aliphatic heterocycles. The molecule has 1 aliphatic rings. The van der Waals surface area contributed by atoms with Crippen LogP contribution in [0.15, 0.2) is 53.4 Å². The van der Waals surface area contributed by atoms with Crippen molar-refractivity contribution in [1.82, 2.24) is 4.90 Å². The van der Waals surface area contributed by atoms with Crippen LogP contribution in [0.25, 0.3) is 0 Å². The standard InChI is InChI=1S/C22H27NO5S/c1-16(17-8-12-21(13-9-17)29(3,25)26)23(2)22(24)18-6-10-19(11-7-18)28-15-20-5-4-14-27-20/h6-13,16,20H,4-5,14-15H2,1-3H3. The first kappa shape index (κ1) is 21.3. The fourth-order valence-corrected chi connectivity index (χ4v) is 3.89. The lowest BCUT2D eigenvalue weighted by molar-refractivity contribution is 0.0678. The predicted molar refractivity (Wildman–Crippen MR) is 111 cm³/mol. The summed E-state index contributed by atoms with van der Waals surface area (Å²) in [7, 11) is -1.50. The summed E-state index contributed by atoms with van der Waals surface area (Å²) in [5.41, 5.74) is 1.43. The van der Waals surface area contributed by atoms with Gasteiger partial charge in [-0.25, -0.2) is 8.42 Å². The molecule has 3 rings (SSSR count). The molecule has 2 aromatic carbocycles. The molecule has 156 valence electrons. The number of carbonyl (C=O) groups is 1. The number of ether oxygens (including phenoxy) is 2. The summed E-state index contributed by atoms with van der Waals surface area (Å²) in [5.74, 6) is 0.597. The molecule has 29 heavy (non-hydrogen) atoms. The molecule has 1 fully saturated rings. The van der Waals surface area contributed by atoms with Gasteiger partial charge in [-0.3, -0.25) is 4.79 Å². The minimum absolute atomic E-state index is 0.115. The molecule has 0 aliphatic carbocycles. The quantitative estimate of drug-likeness (QED) is 0.690. The highest BCUT2D eigenvalue weighted by Crippen LogP contribution is 2.23. The van der Waals surface area contributed by atoms with Crippen molar-refractivity contribution < 1.29 is 22.7 Å². The van der Waals surface area contributed by atoms with Gasteiger partial charge in [0.25, 0.3) is 5.91 Å². The molecule has 0 N–H and O–H groups in total. The van der Waals surface area contributed by atoms with E-state index in [9.17, 15) is 13.2 Å². The number of nitrogens with zero attached hydrogens (tertiary/aromatic N) is 1. The van der Waals surface area contributed by atoms with Gasteiger partial charge >= 0.3 is 0 Å². The van der Waals surface area contributed by atoms with E-state index in [1.54, 1.807) is 60.5 Å². The van der Waals surface area contributed by atoms with Gasteiger partial charge in [-0.2, -0.15) is 0 Å². The molecule has 1 heterocycles. The first-order valence-corrected chi connectivity index (χ1v) is 11.6. The van der Waals surface area contributed by atoms with E-state index in [2.05, 4.69) is 0 Å². The van der Waals surface area contributed by atoms with Gasteiger partial charge in [0, 0.05) is 25.5 Å². The fourth-order valence-electron chi connectivity index (χ4n) is 3.26. The summed E-state index contributed by atoms with van der Waals surface area (Å²) in [6.07, 6.45) is 3.42. The van der Waals surface area contributed by atoms with Crippen LogP contribution in [-0.4, -0.2) is 51.8 Å². The Balaban J connectivity index is 1.62. The molecular formula is C22H27NO5S. The number of hydrogen-bond donors (Lipinski definition) is 0. The first-order chi connectivity index (χ1) is 13.8. The summed E-state index contributed by atoms with van der Waals surface area (Å²) in [4.78, 5) is 14.7. The summed E-state index contributed by atoms with van der Waals surface area (Å²) in [6.45, 7) is 3.23. The van der Waals surface area contributed by atoms with Gasteiger partial charge in [-0.15, -0.1) is 0 Å². The molecule has 0 aromatic heterocycles. The molecule has 2 aromatic rings.